The molecule has 7 nitrogen and oxygen atoms in total. The molecule has 7 N–H and O–H groups in total. The Bertz CT molecular complexity index is 399. The van der Waals surface area contributed by atoms with Gasteiger partial charge < -0.3 is 21.6 Å². The number of hydrogen-bond donors (Lipinski definition) is 5. The maximum atomic E-state index is 9.26. The molecule has 0 aliphatic heterocycles. The second-order valence-electron chi connectivity index (χ2n) is 4.66. The highest BCUT2D eigenvalue weighted by molar-refractivity contribution is 5.50. The molecule has 7 heteroatoms. The van der Waals surface area contributed by atoms with E-state index in [1.807, 2.05) is 0 Å². The molecular formula is C11H20N6O. The molecule has 2 rings (SSSR count). The summed E-state index contributed by atoms with van der Waals surface area (Å²) >= 11 is 0. The van der Waals surface area contributed by atoms with Crippen molar-refractivity contribution in [2.24, 2.45) is 17.7 Å². The number of hydrogen-bond acceptors (Lipinski definition) is 7. The third-order valence-electron chi connectivity index (χ3n) is 3.49. The predicted molar refractivity (Wildman–Crippen MR) is 70.7 cm³/mol. The topological polar surface area (TPSA) is 122 Å². The lowest BCUT2D eigenvalue weighted by molar-refractivity contribution is 0.199. The second kappa shape index (κ2) is 5.83. The van der Waals surface area contributed by atoms with E-state index in [1.54, 1.807) is 6.07 Å². The molecule has 1 aromatic rings. The van der Waals surface area contributed by atoms with Crippen LogP contribution < -0.4 is 22.3 Å². The van der Waals surface area contributed by atoms with E-state index in [0.29, 0.717) is 23.5 Å². The third-order valence-corrected chi connectivity index (χ3v) is 3.49. The highest BCUT2D eigenvalue weighted by atomic mass is 16.3. The highest BCUT2D eigenvalue weighted by Gasteiger charge is 2.26. The van der Waals surface area contributed by atoms with Crippen molar-refractivity contribution < 1.29 is 5.11 Å². The molecule has 0 bridgehead atoms. The molecule has 18 heavy (non-hydrogen) atoms. The number of nitrogen functional groups attached to an aromatic ring is 2. The van der Waals surface area contributed by atoms with Gasteiger partial charge in [0, 0.05) is 19.2 Å². The van der Waals surface area contributed by atoms with Crippen molar-refractivity contribution in [1.29, 1.82) is 0 Å². The number of nitrogens with two attached hydrogens (primary N) is 2. The molecular weight excluding hydrogens is 232 g/mol. The van der Waals surface area contributed by atoms with Gasteiger partial charge in [-0.25, -0.2) is 5.84 Å². The fourth-order valence-corrected chi connectivity index (χ4v) is 2.49. The van der Waals surface area contributed by atoms with Gasteiger partial charge in [-0.15, -0.1) is 0 Å². The average Bonchev–Trinajstić information content (AvgIpc) is 2.83. The first-order chi connectivity index (χ1) is 8.72. The number of nitrogens with zero attached hydrogens (tertiary/aromatic N) is 2. The van der Waals surface area contributed by atoms with Gasteiger partial charge in [0.1, 0.15) is 11.6 Å². The number of rotatable bonds is 5. The summed E-state index contributed by atoms with van der Waals surface area (Å²) in [5.74, 6) is 7.48. The van der Waals surface area contributed by atoms with Gasteiger partial charge in [-0.05, 0) is 24.7 Å². The van der Waals surface area contributed by atoms with Crippen molar-refractivity contribution in [1.82, 2.24) is 9.97 Å². The van der Waals surface area contributed by atoms with Gasteiger partial charge in [-0.2, -0.15) is 9.97 Å². The number of anilines is 3. The molecule has 0 aromatic carbocycles. The van der Waals surface area contributed by atoms with Gasteiger partial charge in [-0.1, -0.05) is 6.42 Å². The van der Waals surface area contributed by atoms with Gasteiger partial charge in [0.25, 0.3) is 0 Å². The zero-order chi connectivity index (χ0) is 13.0. The molecule has 0 radical (unpaired) electrons. The SMILES string of the molecule is NNc1cc(NCC2CCCC2CO)nc(N)n1. The monoisotopic (exact) mass is 252 g/mol. The first-order valence-corrected chi connectivity index (χ1v) is 6.19. The molecule has 0 amide bonds. The minimum Gasteiger partial charge on any atom is -0.396 e. The Morgan fingerprint density at radius 2 is 2.00 bits per heavy atom. The van der Waals surface area contributed by atoms with Crippen LogP contribution in [0.3, 0.4) is 0 Å². The van der Waals surface area contributed by atoms with Crippen LogP contribution in [0.2, 0.25) is 0 Å². The van der Waals surface area contributed by atoms with Crippen molar-refractivity contribution in [2.75, 3.05) is 29.6 Å². The van der Waals surface area contributed by atoms with E-state index < -0.39 is 0 Å². The van der Waals surface area contributed by atoms with E-state index in [4.69, 9.17) is 11.6 Å². The maximum absolute atomic E-state index is 9.26. The Hall–Kier alpha value is -1.60. The average molecular weight is 252 g/mol. The Morgan fingerprint density at radius 1 is 1.28 bits per heavy atom. The van der Waals surface area contributed by atoms with Gasteiger partial charge >= 0.3 is 0 Å². The normalized spacial score (nSPS) is 23.0. The number of nitrogens with one attached hydrogen (secondary N) is 2. The summed E-state index contributed by atoms with van der Waals surface area (Å²) in [6.45, 7) is 1.04. The number of hydrazine groups is 1. The molecule has 1 aliphatic rings. The van der Waals surface area contributed by atoms with Crippen molar-refractivity contribution >= 4 is 17.6 Å². The highest BCUT2D eigenvalue weighted by Crippen LogP contribution is 2.31. The molecule has 0 spiro atoms. The minimum atomic E-state index is 0.179. The van der Waals surface area contributed by atoms with Gasteiger partial charge in [-0.3, -0.25) is 0 Å². The predicted octanol–water partition coefficient (Wildman–Crippen LogP) is 0.165. The van der Waals surface area contributed by atoms with Crippen LogP contribution in [-0.2, 0) is 0 Å². The van der Waals surface area contributed by atoms with Crippen LogP contribution in [0.1, 0.15) is 19.3 Å². The maximum Gasteiger partial charge on any atom is 0.223 e. The third kappa shape index (κ3) is 2.99. The Morgan fingerprint density at radius 3 is 2.72 bits per heavy atom. The first kappa shape index (κ1) is 12.8. The largest absolute Gasteiger partial charge is 0.396 e. The van der Waals surface area contributed by atoms with E-state index in [9.17, 15) is 5.11 Å². The molecule has 1 aliphatic carbocycles. The lowest BCUT2D eigenvalue weighted by Gasteiger charge is -2.18. The van der Waals surface area contributed by atoms with Crippen LogP contribution in [0.5, 0.6) is 0 Å². The molecule has 2 atom stereocenters. The summed E-state index contributed by atoms with van der Waals surface area (Å²) in [5, 5.41) is 12.5. The number of aliphatic hydroxyl groups is 1. The summed E-state index contributed by atoms with van der Waals surface area (Å²) in [5.41, 5.74) is 8.02. The quantitative estimate of drug-likeness (QED) is 0.374. The Balaban J connectivity index is 1.95. The fourth-order valence-electron chi connectivity index (χ4n) is 2.49. The Kier molecular flexibility index (Phi) is 4.16. The van der Waals surface area contributed by atoms with Crippen LogP contribution >= 0.6 is 0 Å². The summed E-state index contributed by atoms with van der Waals surface area (Å²) in [4.78, 5) is 8.00. The zero-order valence-electron chi connectivity index (χ0n) is 10.3. The molecule has 2 unspecified atom stereocenters. The lowest BCUT2D eigenvalue weighted by Crippen LogP contribution is -2.21. The smallest absolute Gasteiger partial charge is 0.223 e. The standard InChI is InChI=1S/C11H20N6O/c12-11-15-9(4-10(16-11)17-13)14-5-7-2-1-3-8(7)6-18/h4,7-8,18H,1-3,5-6,13H2,(H4,12,14,15,16,17). The van der Waals surface area contributed by atoms with Gasteiger partial charge in [0.05, 0.1) is 0 Å². The van der Waals surface area contributed by atoms with Crippen LogP contribution in [-0.4, -0.2) is 28.2 Å². The Labute approximate surface area is 106 Å². The summed E-state index contributed by atoms with van der Waals surface area (Å²) in [7, 11) is 0. The summed E-state index contributed by atoms with van der Waals surface area (Å²) < 4.78 is 0. The van der Waals surface area contributed by atoms with Gasteiger partial charge in [0.2, 0.25) is 5.95 Å². The minimum absolute atomic E-state index is 0.179. The molecule has 1 saturated carbocycles. The summed E-state index contributed by atoms with van der Waals surface area (Å²) in [6, 6.07) is 1.71. The molecule has 1 heterocycles. The van der Waals surface area contributed by atoms with Crippen molar-refractivity contribution in [3.8, 4) is 0 Å². The second-order valence-corrected chi connectivity index (χ2v) is 4.66. The van der Waals surface area contributed by atoms with E-state index in [-0.39, 0.29) is 12.6 Å². The lowest BCUT2D eigenvalue weighted by atomic mass is 9.97. The van der Waals surface area contributed by atoms with Crippen molar-refractivity contribution in [3.05, 3.63) is 6.07 Å². The van der Waals surface area contributed by atoms with Crippen LogP contribution in [0.25, 0.3) is 0 Å². The van der Waals surface area contributed by atoms with E-state index in [2.05, 4.69) is 20.7 Å². The molecule has 100 valence electrons. The van der Waals surface area contributed by atoms with Crippen molar-refractivity contribution in [3.63, 3.8) is 0 Å². The van der Waals surface area contributed by atoms with Gasteiger partial charge in [0.15, 0.2) is 0 Å². The molecule has 1 fully saturated rings. The van der Waals surface area contributed by atoms with Crippen molar-refractivity contribution in [2.45, 2.75) is 19.3 Å². The number of aromatic nitrogens is 2. The summed E-state index contributed by atoms with van der Waals surface area (Å²) in [6.07, 6.45) is 3.42. The van der Waals surface area contributed by atoms with E-state index >= 15 is 0 Å². The van der Waals surface area contributed by atoms with Crippen LogP contribution in [0.15, 0.2) is 6.07 Å². The molecule has 1 aromatic heterocycles. The first-order valence-electron chi connectivity index (χ1n) is 6.19. The van der Waals surface area contributed by atoms with Crippen LogP contribution in [0.4, 0.5) is 17.6 Å². The van der Waals surface area contributed by atoms with Crippen LogP contribution in [0, 0.1) is 11.8 Å². The molecule has 0 saturated heterocycles. The van der Waals surface area contributed by atoms with E-state index in [1.165, 1.54) is 6.42 Å². The zero-order valence-corrected chi connectivity index (χ0v) is 10.3. The van der Waals surface area contributed by atoms with E-state index in [0.717, 1.165) is 19.4 Å². The number of aliphatic hydroxyl groups excluding tert-OH is 1. The fraction of sp³-hybridized carbons (Fsp3) is 0.636.